The van der Waals surface area contributed by atoms with Crippen molar-refractivity contribution in [3.8, 4) is 0 Å². The molecule has 0 bridgehead atoms. The van der Waals surface area contributed by atoms with Crippen molar-refractivity contribution < 1.29 is 9.52 Å². The smallest absolute Gasteiger partial charge is 0.193 e. The van der Waals surface area contributed by atoms with Crippen LogP contribution in [0.25, 0.3) is 0 Å². The third-order valence-electron chi connectivity index (χ3n) is 3.30. The number of hydrogen-bond acceptors (Lipinski definition) is 2. The third-order valence-corrected chi connectivity index (χ3v) is 3.50. The first-order valence-corrected chi connectivity index (χ1v) is 6.52. The molecular formula is C15H17ClO2. The molecule has 0 amide bonds. The molecule has 0 radical (unpaired) electrons. The molecule has 0 saturated heterocycles. The summed E-state index contributed by atoms with van der Waals surface area (Å²) in [6, 6.07) is 11.3. The van der Waals surface area contributed by atoms with Gasteiger partial charge in [0.25, 0.3) is 0 Å². The zero-order valence-corrected chi connectivity index (χ0v) is 11.3. The zero-order valence-electron chi connectivity index (χ0n) is 10.6. The fourth-order valence-corrected chi connectivity index (χ4v) is 2.03. The van der Waals surface area contributed by atoms with Crippen LogP contribution in [0.4, 0.5) is 0 Å². The lowest BCUT2D eigenvalue weighted by atomic mass is 9.96. The van der Waals surface area contributed by atoms with Crippen molar-refractivity contribution >= 4 is 11.6 Å². The highest BCUT2D eigenvalue weighted by molar-refractivity contribution is 6.28. The monoisotopic (exact) mass is 264 g/mol. The van der Waals surface area contributed by atoms with Gasteiger partial charge in [-0.25, -0.2) is 0 Å². The minimum atomic E-state index is -0.761. The average Bonchev–Trinajstić information content (AvgIpc) is 2.84. The fourth-order valence-electron chi connectivity index (χ4n) is 1.88. The molecule has 0 aliphatic rings. The SMILES string of the molecule is CCC(C)c1ccc(C(O)c2ccc(Cl)o2)cc1. The van der Waals surface area contributed by atoms with E-state index in [9.17, 15) is 5.11 Å². The molecule has 0 aliphatic heterocycles. The van der Waals surface area contributed by atoms with Crippen LogP contribution in [-0.4, -0.2) is 5.11 Å². The van der Waals surface area contributed by atoms with Crippen molar-refractivity contribution in [3.63, 3.8) is 0 Å². The number of furan rings is 1. The van der Waals surface area contributed by atoms with E-state index in [4.69, 9.17) is 16.0 Å². The summed E-state index contributed by atoms with van der Waals surface area (Å²) in [5.41, 5.74) is 2.10. The number of benzene rings is 1. The molecule has 18 heavy (non-hydrogen) atoms. The quantitative estimate of drug-likeness (QED) is 0.880. The van der Waals surface area contributed by atoms with Gasteiger partial charge in [-0.1, -0.05) is 38.1 Å². The zero-order chi connectivity index (χ0) is 13.1. The number of hydrogen-bond donors (Lipinski definition) is 1. The summed E-state index contributed by atoms with van der Waals surface area (Å²) in [5.74, 6) is 1.01. The molecule has 3 heteroatoms. The van der Waals surface area contributed by atoms with E-state index >= 15 is 0 Å². The molecule has 1 N–H and O–H groups in total. The Kier molecular flexibility index (Phi) is 4.10. The lowest BCUT2D eigenvalue weighted by Crippen LogP contribution is -1.99. The van der Waals surface area contributed by atoms with Gasteiger partial charge in [0.1, 0.15) is 11.9 Å². The topological polar surface area (TPSA) is 33.4 Å². The Bertz CT molecular complexity index is 501. The van der Waals surface area contributed by atoms with Gasteiger partial charge < -0.3 is 9.52 Å². The molecule has 2 rings (SSSR count). The van der Waals surface area contributed by atoms with Crippen LogP contribution in [0.3, 0.4) is 0 Å². The Hall–Kier alpha value is -1.25. The van der Waals surface area contributed by atoms with Gasteiger partial charge in [0, 0.05) is 0 Å². The molecule has 0 spiro atoms. The molecule has 1 heterocycles. The molecule has 2 atom stereocenters. The van der Waals surface area contributed by atoms with Crippen molar-refractivity contribution in [1.82, 2.24) is 0 Å². The highest BCUT2D eigenvalue weighted by atomic mass is 35.5. The normalized spacial score (nSPS) is 14.4. The average molecular weight is 265 g/mol. The molecule has 1 aromatic heterocycles. The Balaban J connectivity index is 2.19. The summed E-state index contributed by atoms with van der Waals surface area (Å²) in [6.45, 7) is 4.36. The second-order valence-electron chi connectivity index (χ2n) is 4.52. The Morgan fingerprint density at radius 3 is 2.22 bits per heavy atom. The molecule has 0 aliphatic carbocycles. The van der Waals surface area contributed by atoms with Crippen LogP contribution >= 0.6 is 11.6 Å². The van der Waals surface area contributed by atoms with Crippen LogP contribution in [0.15, 0.2) is 40.8 Å². The van der Waals surface area contributed by atoms with Crippen molar-refractivity contribution in [2.24, 2.45) is 0 Å². The van der Waals surface area contributed by atoms with Crippen LogP contribution in [0.1, 0.15) is 49.2 Å². The predicted molar refractivity (Wildman–Crippen MR) is 72.9 cm³/mol. The number of aliphatic hydroxyl groups is 1. The third kappa shape index (κ3) is 2.77. The molecule has 0 fully saturated rings. The van der Waals surface area contributed by atoms with E-state index in [0.717, 1.165) is 12.0 Å². The lowest BCUT2D eigenvalue weighted by Gasteiger charge is -2.12. The number of aliphatic hydroxyl groups excluding tert-OH is 1. The Labute approximate surface area is 112 Å². The van der Waals surface area contributed by atoms with E-state index in [-0.39, 0.29) is 0 Å². The van der Waals surface area contributed by atoms with E-state index in [0.29, 0.717) is 16.9 Å². The standard InChI is InChI=1S/C15H17ClO2/c1-3-10(2)11-4-6-12(7-5-11)15(17)13-8-9-14(16)18-13/h4-10,15,17H,3H2,1-2H3. The van der Waals surface area contributed by atoms with Crippen molar-refractivity contribution in [2.75, 3.05) is 0 Å². The van der Waals surface area contributed by atoms with Gasteiger partial charge in [-0.05, 0) is 47.2 Å². The van der Waals surface area contributed by atoms with E-state index in [1.807, 2.05) is 12.1 Å². The van der Waals surface area contributed by atoms with Crippen LogP contribution in [-0.2, 0) is 0 Å². The molecule has 1 aromatic carbocycles. The first kappa shape index (κ1) is 13.2. The van der Waals surface area contributed by atoms with Gasteiger partial charge in [0.05, 0.1) is 0 Å². The van der Waals surface area contributed by atoms with Crippen LogP contribution in [0.2, 0.25) is 5.22 Å². The van der Waals surface area contributed by atoms with Crippen LogP contribution < -0.4 is 0 Å². The van der Waals surface area contributed by atoms with Crippen molar-refractivity contribution in [3.05, 3.63) is 58.5 Å². The highest BCUT2D eigenvalue weighted by Crippen LogP contribution is 2.27. The summed E-state index contributed by atoms with van der Waals surface area (Å²) in [4.78, 5) is 0. The molecular weight excluding hydrogens is 248 g/mol. The lowest BCUT2D eigenvalue weighted by molar-refractivity contribution is 0.189. The number of rotatable bonds is 4. The summed E-state index contributed by atoms with van der Waals surface area (Å²) >= 11 is 5.70. The summed E-state index contributed by atoms with van der Waals surface area (Å²) in [6.07, 6.45) is 0.346. The van der Waals surface area contributed by atoms with E-state index in [1.54, 1.807) is 12.1 Å². The Morgan fingerprint density at radius 1 is 1.11 bits per heavy atom. The van der Waals surface area contributed by atoms with E-state index in [1.165, 1.54) is 5.56 Å². The van der Waals surface area contributed by atoms with E-state index in [2.05, 4.69) is 26.0 Å². The molecule has 2 unspecified atom stereocenters. The van der Waals surface area contributed by atoms with Crippen molar-refractivity contribution in [1.29, 1.82) is 0 Å². The van der Waals surface area contributed by atoms with Gasteiger partial charge in [-0.3, -0.25) is 0 Å². The summed E-state index contributed by atoms with van der Waals surface area (Å²) < 4.78 is 5.21. The molecule has 2 nitrogen and oxygen atoms in total. The maximum Gasteiger partial charge on any atom is 0.193 e. The minimum absolute atomic E-state index is 0.292. The molecule has 96 valence electrons. The van der Waals surface area contributed by atoms with Gasteiger partial charge >= 0.3 is 0 Å². The van der Waals surface area contributed by atoms with Crippen LogP contribution in [0, 0.1) is 0 Å². The second kappa shape index (κ2) is 5.59. The fraction of sp³-hybridized carbons (Fsp3) is 0.333. The minimum Gasteiger partial charge on any atom is -0.447 e. The van der Waals surface area contributed by atoms with E-state index < -0.39 is 6.10 Å². The second-order valence-corrected chi connectivity index (χ2v) is 4.89. The Morgan fingerprint density at radius 2 is 1.72 bits per heavy atom. The van der Waals surface area contributed by atoms with Gasteiger partial charge in [0.2, 0.25) is 0 Å². The highest BCUT2D eigenvalue weighted by Gasteiger charge is 2.14. The maximum atomic E-state index is 10.1. The largest absolute Gasteiger partial charge is 0.447 e. The van der Waals surface area contributed by atoms with Gasteiger partial charge in [0.15, 0.2) is 5.22 Å². The maximum absolute atomic E-state index is 10.1. The summed E-state index contributed by atoms with van der Waals surface area (Å²) in [7, 11) is 0. The molecule has 2 aromatic rings. The summed E-state index contributed by atoms with van der Waals surface area (Å²) in [5, 5.41) is 10.4. The van der Waals surface area contributed by atoms with Gasteiger partial charge in [-0.2, -0.15) is 0 Å². The van der Waals surface area contributed by atoms with Gasteiger partial charge in [-0.15, -0.1) is 0 Å². The first-order valence-electron chi connectivity index (χ1n) is 6.15. The predicted octanol–water partition coefficient (Wildman–Crippen LogP) is 4.53. The first-order chi connectivity index (χ1) is 8.61. The molecule has 0 saturated carbocycles. The van der Waals surface area contributed by atoms with Crippen molar-refractivity contribution in [2.45, 2.75) is 32.3 Å². The van der Waals surface area contributed by atoms with Crippen LogP contribution in [0.5, 0.6) is 0 Å². The number of halogens is 1.